The molecule has 0 saturated carbocycles. The van der Waals surface area contributed by atoms with Gasteiger partial charge in [-0.05, 0) is 75.9 Å². The number of amides is 2. The van der Waals surface area contributed by atoms with Crippen LogP contribution in [0.5, 0.6) is 0 Å². The summed E-state index contributed by atoms with van der Waals surface area (Å²) < 4.78 is 15.6. The van der Waals surface area contributed by atoms with Gasteiger partial charge < -0.3 is 10.2 Å². The van der Waals surface area contributed by atoms with Crippen molar-refractivity contribution in [1.29, 1.82) is 0 Å². The quantitative estimate of drug-likeness (QED) is 0.635. The first-order valence-electron chi connectivity index (χ1n) is 10.9. The Hall–Kier alpha value is -3.48. The fraction of sp³-hybridized carbons (Fsp3) is 0.320. The standard InChI is InChI=1S/C25H27FN4O2/c1-16-14-19(25(32)29-13-7-6-8-17(29)2)11-12-22(16)28-24(31)20-15-27-30(18(20)3)23-10-5-4-9-21(23)26/h4-5,9-12,14-15,17H,6-8,13H2,1-3H3,(H,28,31). The number of halogens is 1. The number of nitrogens with zero attached hydrogens (tertiary/aromatic N) is 3. The minimum absolute atomic E-state index is 0.0279. The lowest BCUT2D eigenvalue weighted by atomic mass is 10.0. The highest BCUT2D eigenvalue weighted by molar-refractivity contribution is 6.05. The Bertz CT molecular complexity index is 1170. The molecule has 6 nitrogen and oxygen atoms in total. The highest BCUT2D eigenvalue weighted by Gasteiger charge is 2.25. The Morgan fingerprint density at radius 2 is 1.91 bits per heavy atom. The summed E-state index contributed by atoms with van der Waals surface area (Å²) in [5.41, 5.74) is 3.23. The predicted octanol–water partition coefficient (Wildman–Crippen LogP) is 4.90. The summed E-state index contributed by atoms with van der Waals surface area (Å²) >= 11 is 0. The van der Waals surface area contributed by atoms with E-state index < -0.39 is 5.82 Å². The largest absolute Gasteiger partial charge is 0.336 e. The SMILES string of the molecule is Cc1cc(C(=O)N2CCCCC2C)ccc1NC(=O)c1cnn(-c2ccccc2F)c1C. The van der Waals surface area contributed by atoms with Gasteiger partial charge in [0.2, 0.25) is 0 Å². The van der Waals surface area contributed by atoms with Crippen LogP contribution in [-0.4, -0.2) is 39.1 Å². The number of benzene rings is 2. The smallest absolute Gasteiger partial charge is 0.259 e. The summed E-state index contributed by atoms with van der Waals surface area (Å²) in [6, 6.07) is 11.9. The number of rotatable bonds is 4. The van der Waals surface area contributed by atoms with Crippen molar-refractivity contribution in [3.8, 4) is 5.69 Å². The van der Waals surface area contributed by atoms with Crippen LogP contribution in [0.4, 0.5) is 10.1 Å². The molecule has 4 rings (SSSR count). The van der Waals surface area contributed by atoms with E-state index in [0.717, 1.165) is 31.4 Å². The zero-order valence-electron chi connectivity index (χ0n) is 18.6. The topological polar surface area (TPSA) is 67.2 Å². The zero-order valence-corrected chi connectivity index (χ0v) is 18.6. The predicted molar refractivity (Wildman–Crippen MR) is 122 cm³/mol. The third-order valence-electron chi connectivity index (χ3n) is 6.12. The Morgan fingerprint density at radius 3 is 2.62 bits per heavy atom. The average Bonchev–Trinajstić information content (AvgIpc) is 3.16. The number of likely N-dealkylation sites (tertiary alicyclic amines) is 1. The molecule has 0 spiro atoms. The molecule has 1 aliphatic rings. The van der Waals surface area contributed by atoms with E-state index in [2.05, 4.69) is 17.3 Å². The van der Waals surface area contributed by atoms with Crippen LogP contribution in [0.2, 0.25) is 0 Å². The van der Waals surface area contributed by atoms with Gasteiger partial charge in [0.15, 0.2) is 0 Å². The van der Waals surface area contributed by atoms with Gasteiger partial charge in [0.25, 0.3) is 11.8 Å². The van der Waals surface area contributed by atoms with Crippen molar-refractivity contribution in [2.45, 2.75) is 46.1 Å². The van der Waals surface area contributed by atoms with E-state index in [1.54, 1.807) is 37.3 Å². The molecule has 1 fully saturated rings. The van der Waals surface area contributed by atoms with E-state index in [0.29, 0.717) is 22.5 Å². The molecule has 1 unspecified atom stereocenters. The summed E-state index contributed by atoms with van der Waals surface area (Å²) in [4.78, 5) is 27.7. The third-order valence-corrected chi connectivity index (χ3v) is 6.12. The number of piperidine rings is 1. The third kappa shape index (κ3) is 4.15. The van der Waals surface area contributed by atoms with Crippen LogP contribution in [0.1, 0.15) is 58.2 Å². The van der Waals surface area contributed by atoms with E-state index in [-0.39, 0.29) is 23.5 Å². The van der Waals surface area contributed by atoms with Gasteiger partial charge in [0.1, 0.15) is 11.5 Å². The van der Waals surface area contributed by atoms with Crippen LogP contribution < -0.4 is 5.32 Å². The van der Waals surface area contributed by atoms with E-state index >= 15 is 0 Å². The maximum Gasteiger partial charge on any atom is 0.259 e. The number of aromatic nitrogens is 2. The van der Waals surface area contributed by atoms with Gasteiger partial charge in [-0.15, -0.1) is 0 Å². The number of aryl methyl sites for hydroxylation is 1. The van der Waals surface area contributed by atoms with Crippen LogP contribution in [0, 0.1) is 19.7 Å². The van der Waals surface area contributed by atoms with Crippen molar-refractivity contribution in [2.75, 3.05) is 11.9 Å². The van der Waals surface area contributed by atoms with E-state index in [1.165, 1.54) is 16.9 Å². The first kappa shape index (κ1) is 21.7. The van der Waals surface area contributed by atoms with Crippen molar-refractivity contribution >= 4 is 17.5 Å². The number of para-hydroxylation sites is 1. The van der Waals surface area contributed by atoms with Gasteiger partial charge in [0.05, 0.1) is 17.5 Å². The molecule has 2 heterocycles. The molecule has 1 atom stereocenters. The lowest BCUT2D eigenvalue weighted by Crippen LogP contribution is -2.42. The molecule has 3 aromatic rings. The molecule has 2 amide bonds. The number of hydrogen-bond acceptors (Lipinski definition) is 3. The Morgan fingerprint density at radius 1 is 1.12 bits per heavy atom. The summed E-state index contributed by atoms with van der Waals surface area (Å²) in [5.74, 6) is -0.720. The number of carbonyl (C=O) groups excluding carboxylic acids is 2. The monoisotopic (exact) mass is 434 g/mol. The zero-order chi connectivity index (χ0) is 22.8. The van der Waals surface area contributed by atoms with Crippen molar-refractivity contribution < 1.29 is 14.0 Å². The van der Waals surface area contributed by atoms with Crippen LogP contribution in [0.25, 0.3) is 5.69 Å². The Labute approximate surface area is 187 Å². The van der Waals surface area contributed by atoms with Crippen molar-refractivity contribution in [2.24, 2.45) is 0 Å². The van der Waals surface area contributed by atoms with Crippen molar-refractivity contribution in [1.82, 2.24) is 14.7 Å². The molecule has 7 heteroatoms. The molecule has 0 aliphatic carbocycles. The molecule has 166 valence electrons. The first-order valence-corrected chi connectivity index (χ1v) is 10.9. The Kier molecular flexibility index (Phi) is 6.08. The van der Waals surface area contributed by atoms with E-state index in [1.807, 2.05) is 17.9 Å². The molecule has 1 aliphatic heterocycles. The van der Waals surface area contributed by atoms with Gasteiger partial charge in [0, 0.05) is 23.8 Å². The summed E-state index contributed by atoms with van der Waals surface area (Å²) in [6.07, 6.45) is 4.64. The second-order valence-corrected chi connectivity index (χ2v) is 8.33. The minimum atomic E-state index is -0.412. The molecule has 32 heavy (non-hydrogen) atoms. The minimum Gasteiger partial charge on any atom is -0.336 e. The van der Waals surface area contributed by atoms with E-state index in [4.69, 9.17) is 0 Å². The van der Waals surface area contributed by atoms with Gasteiger partial charge in [-0.25, -0.2) is 9.07 Å². The normalized spacial score (nSPS) is 16.1. The molecule has 1 aromatic heterocycles. The molecule has 1 N–H and O–H groups in total. The fourth-order valence-corrected chi connectivity index (χ4v) is 4.19. The van der Waals surface area contributed by atoms with Gasteiger partial charge in [-0.1, -0.05) is 12.1 Å². The lowest BCUT2D eigenvalue weighted by Gasteiger charge is -2.33. The van der Waals surface area contributed by atoms with Crippen LogP contribution in [0.3, 0.4) is 0 Å². The molecular formula is C25H27FN4O2. The lowest BCUT2D eigenvalue weighted by molar-refractivity contribution is 0.0635. The maximum atomic E-state index is 14.1. The van der Waals surface area contributed by atoms with Crippen LogP contribution in [-0.2, 0) is 0 Å². The molecule has 0 bridgehead atoms. The van der Waals surface area contributed by atoms with E-state index in [9.17, 15) is 14.0 Å². The highest BCUT2D eigenvalue weighted by atomic mass is 19.1. The molecular weight excluding hydrogens is 407 g/mol. The second-order valence-electron chi connectivity index (χ2n) is 8.33. The molecule has 2 aromatic carbocycles. The number of carbonyl (C=O) groups is 2. The number of hydrogen-bond donors (Lipinski definition) is 1. The second kappa shape index (κ2) is 8.94. The van der Waals surface area contributed by atoms with Crippen LogP contribution in [0.15, 0.2) is 48.7 Å². The molecule has 0 radical (unpaired) electrons. The highest BCUT2D eigenvalue weighted by Crippen LogP contribution is 2.23. The van der Waals surface area contributed by atoms with Crippen molar-refractivity contribution in [3.63, 3.8) is 0 Å². The summed E-state index contributed by atoms with van der Waals surface area (Å²) in [7, 11) is 0. The Balaban J connectivity index is 1.52. The molecule has 1 saturated heterocycles. The van der Waals surface area contributed by atoms with Crippen molar-refractivity contribution in [3.05, 3.63) is 76.9 Å². The van der Waals surface area contributed by atoms with Gasteiger partial charge in [-0.2, -0.15) is 5.10 Å². The van der Waals surface area contributed by atoms with Gasteiger partial charge in [-0.3, -0.25) is 9.59 Å². The van der Waals surface area contributed by atoms with Crippen LogP contribution >= 0.6 is 0 Å². The summed E-state index contributed by atoms with van der Waals surface area (Å²) in [6.45, 7) is 6.45. The first-order chi connectivity index (χ1) is 15.4. The summed E-state index contributed by atoms with van der Waals surface area (Å²) in [5, 5.41) is 7.08. The fourth-order valence-electron chi connectivity index (χ4n) is 4.19. The maximum absolute atomic E-state index is 14.1. The average molecular weight is 435 g/mol. The van der Waals surface area contributed by atoms with Gasteiger partial charge >= 0.3 is 0 Å². The number of nitrogens with one attached hydrogen (secondary N) is 1. The number of anilines is 1.